The van der Waals surface area contributed by atoms with E-state index in [1.165, 1.54) is 0 Å². The van der Waals surface area contributed by atoms with Crippen molar-refractivity contribution in [3.63, 3.8) is 0 Å². The molecule has 5 nitrogen and oxygen atoms in total. The predicted molar refractivity (Wildman–Crippen MR) is 57.8 cm³/mol. The molecule has 2 unspecified atom stereocenters. The lowest BCUT2D eigenvalue weighted by Gasteiger charge is -2.42. The fraction of sp³-hybridized carbons (Fsp3) is 0.818. The number of amides is 1. The van der Waals surface area contributed by atoms with E-state index < -0.39 is 6.10 Å². The molecule has 2 heterocycles. The number of carbonyl (C=O) groups is 2. The Labute approximate surface area is 95.3 Å². The molecule has 0 bridgehead atoms. The summed E-state index contributed by atoms with van der Waals surface area (Å²) in [5.74, 6) is 0.170. The minimum Gasteiger partial charge on any atom is -0.351 e. The number of carbonyl (C=O) groups excluding carboxylic acids is 2. The maximum atomic E-state index is 11.7. The van der Waals surface area contributed by atoms with Gasteiger partial charge in [-0.15, -0.1) is 0 Å². The Morgan fingerprint density at radius 2 is 2.31 bits per heavy atom. The van der Waals surface area contributed by atoms with Crippen molar-refractivity contribution < 1.29 is 14.3 Å². The van der Waals surface area contributed by atoms with Crippen LogP contribution in [-0.4, -0.2) is 60.5 Å². The minimum absolute atomic E-state index is 0.119. The van der Waals surface area contributed by atoms with Crippen LogP contribution in [-0.2, 0) is 14.3 Å². The molecule has 2 saturated heterocycles. The minimum atomic E-state index is -0.414. The van der Waals surface area contributed by atoms with Gasteiger partial charge in [-0.1, -0.05) is 0 Å². The second-order valence-electron chi connectivity index (χ2n) is 4.58. The highest BCUT2D eigenvalue weighted by molar-refractivity contribution is 5.79. The molecule has 0 aromatic rings. The van der Waals surface area contributed by atoms with Gasteiger partial charge in [0.25, 0.3) is 0 Å². The molecule has 0 saturated carbocycles. The molecule has 1 amide bonds. The average molecular weight is 226 g/mol. The third kappa shape index (κ3) is 1.97. The Balaban J connectivity index is 2.10. The van der Waals surface area contributed by atoms with Gasteiger partial charge in [-0.25, -0.2) is 0 Å². The number of aldehydes is 1. The lowest BCUT2D eigenvalue weighted by atomic mass is 10.1. The number of piperazine rings is 1. The Morgan fingerprint density at radius 3 is 3.00 bits per heavy atom. The van der Waals surface area contributed by atoms with Crippen LogP contribution in [0.3, 0.4) is 0 Å². The van der Waals surface area contributed by atoms with E-state index >= 15 is 0 Å². The summed E-state index contributed by atoms with van der Waals surface area (Å²) < 4.78 is 5.68. The van der Waals surface area contributed by atoms with E-state index in [9.17, 15) is 9.59 Å². The van der Waals surface area contributed by atoms with Gasteiger partial charge < -0.3 is 14.4 Å². The van der Waals surface area contributed by atoms with Crippen molar-refractivity contribution >= 4 is 12.2 Å². The fourth-order valence-electron chi connectivity index (χ4n) is 2.53. The van der Waals surface area contributed by atoms with Crippen LogP contribution in [0.15, 0.2) is 0 Å². The van der Waals surface area contributed by atoms with Crippen LogP contribution in [0.5, 0.6) is 0 Å². The molecule has 2 rings (SSSR count). The summed E-state index contributed by atoms with van der Waals surface area (Å²) in [4.78, 5) is 26.2. The van der Waals surface area contributed by atoms with Crippen molar-refractivity contribution in [2.24, 2.45) is 0 Å². The molecular formula is C11H18N2O3. The van der Waals surface area contributed by atoms with Gasteiger partial charge in [0, 0.05) is 6.54 Å². The largest absolute Gasteiger partial charge is 0.351 e. The molecule has 2 aliphatic heterocycles. The first-order chi connectivity index (χ1) is 7.63. The molecule has 2 fully saturated rings. The normalized spacial score (nSPS) is 32.6. The molecule has 0 aromatic heterocycles. The molecule has 0 N–H and O–H groups in total. The van der Waals surface area contributed by atoms with Crippen molar-refractivity contribution in [1.82, 2.24) is 9.80 Å². The first-order valence-electron chi connectivity index (χ1n) is 5.74. The number of hydrogen-bond acceptors (Lipinski definition) is 4. The Bertz CT molecular complexity index is 295. The number of rotatable bonds is 3. The smallest absolute Gasteiger partial charge is 0.237 e. The van der Waals surface area contributed by atoms with Gasteiger partial charge in [0.05, 0.1) is 12.6 Å². The van der Waals surface area contributed by atoms with E-state index in [1.54, 1.807) is 6.92 Å². The number of likely N-dealkylation sites (N-methyl/N-ethyl adjacent to an activating group) is 1. The SMILES string of the molecule is C[C@H](C=O)OC1C2CCCN2C(=O)CN1C. The van der Waals surface area contributed by atoms with Crippen LogP contribution < -0.4 is 0 Å². The van der Waals surface area contributed by atoms with E-state index in [-0.39, 0.29) is 18.2 Å². The van der Waals surface area contributed by atoms with Gasteiger partial charge in [-0.05, 0) is 26.8 Å². The predicted octanol–water partition coefficient (Wildman–Crippen LogP) is -0.147. The molecule has 0 spiro atoms. The standard InChI is InChI=1S/C11H18N2O3/c1-8(7-14)16-11-9-4-3-5-13(9)10(15)6-12(11)2/h7-9,11H,3-6H2,1-2H3/t8-,9?,11?/m1/s1. The van der Waals surface area contributed by atoms with Crippen molar-refractivity contribution in [2.45, 2.75) is 38.1 Å². The maximum Gasteiger partial charge on any atom is 0.237 e. The van der Waals surface area contributed by atoms with Crippen LogP contribution in [0.4, 0.5) is 0 Å². The Morgan fingerprint density at radius 1 is 1.56 bits per heavy atom. The number of hydrogen-bond donors (Lipinski definition) is 0. The molecule has 0 aliphatic carbocycles. The average Bonchev–Trinajstić information content (AvgIpc) is 2.73. The summed E-state index contributed by atoms with van der Waals surface area (Å²) in [7, 11) is 1.87. The first kappa shape index (κ1) is 11.5. The van der Waals surface area contributed by atoms with E-state index in [2.05, 4.69) is 0 Å². The zero-order valence-electron chi connectivity index (χ0n) is 9.76. The summed E-state index contributed by atoms with van der Waals surface area (Å²) >= 11 is 0. The first-order valence-corrected chi connectivity index (χ1v) is 5.74. The van der Waals surface area contributed by atoms with E-state index in [1.807, 2.05) is 16.8 Å². The monoisotopic (exact) mass is 226 g/mol. The number of fused-ring (bicyclic) bond motifs is 1. The van der Waals surface area contributed by atoms with Crippen LogP contribution >= 0.6 is 0 Å². The van der Waals surface area contributed by atoms with E-state index in [0.29, 0.717) is 6.54 Å². The molecule has 3 atom stereocenters. The quantitative estimate of drug-likeness (QED) is 0.628. The number of nitrogens with zero attached hydrogens (tertiary/aromatic N) is 2. The van der Waals surface area contributed by atoms with Crippen molar-refractivity contribution in [3.05, 3.63) is 0 Å². The Hall–Kier alpha value is -0.940. The summed E-state index contributed by atoms with van der Waals surface area (Å²) in [5, 5.41) is 0. The number of ether oxygens (including phenoxy) is 1. The Kier molecular flexibility index (Phi) is 3.25. The topological polar surface area (TPSA) is 49.9 Å². The molecular weight excluding hydrogens is 208 g/mol. The highest BCUT2D eigenvalue weighted by Gasteiger charge is 2.42. The fourth-order valence-corrected chi connectivity index (χ4v) is 2.53. The van der Waals surface area contributed by atoms with Gasteiger partial charge in [0.15, 0.2) is 0 Å². The van der Waals surface area contributed by atoms with Gasteiger partial charge in [-0.3, -0.25) is 9.69 Å². The van der Waals surface area contributed by atoms with Crippen LogP contribution in [0.25, 0.3) is 0 Å². The van der Waals surface area contributed by atoms with E-state index in [0.717, 1.165) is 25.7 Å². The second-order valence-corrected chi connectivity index (χ2v) is 4.58. The zero-order chi connectivity index (χ0) is 11.7. The van der Waals surface area contributed by atoms with Gasteiger partial charge in [0.2, 0.25) is 5.91 Å². The molecule has 0 radical (unpaired) electrons. The van der Waals surface area contributed by atoms with Crippen LogP contribution in [0, 0.1) is 0 Å². The molecule has 2 aliphatic rings. The van der Waals surface area contributed by atoms with Gasteiger partial charge in [0.1, 0.15) is 18.6 Å². The lowest BCUT2D eigenvalue weighted by Crippen LogP contribution is -2.60. The third-order valence-corrected chi connectivity index (χ3v) is 3.31. The maximum absolute atomic E-state index is 11.7. The second kappa shape index (κ2) is 4.51. The van der Waals surface area contributed by atoms with Crippen LogP contribution in [0.1, 0.15) is 19.8 Å². The summed E-state index contributed by atoms with van der Waals surface area (Å²) in [6.07, 6.45) is 2.23. The van der Waals surface area contributed by atoms with Crippen molar-refractivity contribution in [2.75, 3.05) is 20.1 Å². The van der Waals surface area contributed by atoms with Gasteiger partial charge >= 0.3 is 0 Å². The molecule has 0 aromatic carbocycles. The van der Waals surface area contributed by atoms with Crippen LogP contribution in [0.2, 0.25) is 0 Å². The van der Waals surface area contributed by atoms with E-state index in [4.69, 9.17) is 4.74 Å². The third-order valence-electron chi connectivity index (χ3n) is 3.31. The zero-order valence-corrected chi connectivity index (χ0v) is 9.76. The molecule has 16 heavy (non-hydrogen) atoms. The molecule has 5 heteroatoms. The van der Waals surface area contributed by atoms with Gasteiger partial charge in [-0.2, -0.15) is 0 Å². The lowest BCUT2D eigenvalue weighted by molar-refractivity contribution is -0.168. The summed E-state index contributed by atoms with van der Waals surface area (Å²) in [6, 6.07) is 0.119. The molecule has 90 valence electrons. The summed E-state index contributed by atoms with van der Waals surface area (Å²) in [5.41, 5.74) is 0. The van der Waals surface area contributed by atoms with Crippen molar-refractivity contribution in [1.29, 1.82) is 0 Å². The highest BCUT2D eigenvalue weighted by atomic mass is 16.5. The highest BCUT2D eigenvalue weighted by Crippen LogP contribution is 2.27. The van der Waals surface area contributed by atoms with Crippen molar-refractivity contribution in [3.8, 4) is 0 Å². The summed E-state index contributed by atoms with van der Waals surface area (Å²) in [6.45, 7) is 2.94.